The molecular weight excluding hydrogens is 255 g/mol. The Labute approximate surface area is 134 Å². The number of nitriles is 1. The van der Waals surface area contributed by atoms with Gasteiger partial charge in [0.2, 0.25) is 0 Å². The smallest absolute Gasteiger partial charge is 0.126 e. The molecule has 0 aliphatic rings. The molecule has 3 heteroatoms. The van der Waals surface area contributed by atoms with Crippen LogP contribution in [0.15, 0.2) is 0 Å². The van der Waals surface area contributed by atoms with Gasteiger partial charge in [0, 0.05) is 20.6 Å². The van der Waals surface area contributed by atoms with Crippen LogP contribution in [-0.4, -0.2) is 32.4 Å². The summed E-state index contributed by atoms with van der Waals surface area (Å²) in [6.07, 6.45) is 18.1. The van der Waals surface area contributed by atoms with E-state index in [4.69, 9.17) is 5.26 Å². The number of quaternary nitrogens is 1. The van der Waals surface area contributed by atoms with Crippen LogP contribution in [0, 0.1) is 11.2 Å². The maximum absolute atomic E-state index is 8.68. The maximum Gasteiger partial charge on any atom is 0.126 e. The number of unbranched alkanes of at least 4 members (excludes halogenated alkanes) is 12. The van der Waals surface area contributed by atoms with Gasteiger partial charge in [-0.15, -0.1) is 5.97 Å². The number of rotatable bonds is 15. The molecule has 2 nitrogen and oxygen atoms in total. The van der Waals surface area contributed by atoms with E-state index in [1.165, 1.54) is 83.5 Å². The highest BCUT2D eigenvalue weighted by Gasteiger charge is 2.02. The van der Waals surface area contributed by atoms with E-state index in [0.717, 1.165) is 10.9 Å². The highest BCUT2D eigenvalue weighted by molar-refractivity contribution is 6.36. The molecule has 0 aromatic heterocycles. The van der Waals surface area contributed by atoms with Crippen LogP contribution in [0.25, 0.3) is 0 Å². The Kier molecular flexibility index (Phi) is 14.1. The molecule has 0 aliphatic carbocycles. The summed E-state index contributed by atoms with van der Waals surface area (Å²) in [4.78, 5) is 0. The second-order valence-electron chi connectivity index (χ2n) is 7.00. The molecular formula is C18H37BN2. The summed E-state index contributed by atoms with van der Waals surface area (Å²) < 4.78 is 0.731. The second-order valence-corrected chi connectivity index (χ2v) is 7.00. The molecule has 0 bridgehead atoms. The Hall–Kier alpha value is -0.485. The lowest BCUT2D eigenvalue weighted by molar-refractivity contribution is -0.777. The van der Waals surface area contributed by atoms with Gasteiger partial charge in [-0.1, -0.05) is 77.6 Å². The average Bonchev–Trinajstić information content (AvgIpc) is 2.44. The van der Waals surface area contributed by atoms with Crippen molar-refractivity contribution in [3.8, 4) is 5.97 Å². The van der Waals surface area contributed by atoms with Crippen molar-refractivity contribution in [1.29, 1.82) is 5.26 Å². The SMILES string of the molecule is CCCCCCCCCCCCCCC[N+](C)(C)[B-]C#N. The first kappa shape index (κ1) is 20.5. The molecule has 0 N–H and O–H groups in total. The van der Waals surface area contributed by atoms with Crippen molar-refractivity contribution in [3.05, 3.63) is 0 Å². The fourth-order valence-corrected chi connectivity index (χ4v) is 2.76. The van der Waals surface area contributed by atoms with Crippen LogP contribution in [0.4, 0.5) is 0 Å². The van der Waals surface area contributed by atoms with Gasteiger partial charge in [-0.25, -0.2) is 5.26 Å². The van der Waals surface area contributed by atoms with Crippen LogP contribution < -0.4 is 0 Å². The van der Waals surface area contributed by atoms with Crippen molar-refractivity contribution in [1.82, 2.24) is 0 Å². The van der Waals surface area contributed by atoms with Gasteiger partial charge in [0.25, 0.3) is 0 Å². The van der Waals surface area contributed by atoms with Crippen LogP contribution in [0.5, 0.6) is 0 Å². The van der Waals surface area contributed by atoms with Crippen molar-refractivity contribution in [2.24, 2.45) is 0 Å². The zero-order chi connectivity index (χ0) is 15.8. The molecule has 0 rings (SSSR count). The molecule has 0 fully saturated rings. The highest BCUT2D eigenvalue weighted by atomic mass is 15.2. The van der Waals surface area contributed by atoms with Crippen LogP contribution >= 0.6 is 0 Å². The van der Waals surface area contributed by atoms with Gasteiger partial charge in [0.05, 0.1) is 0 Å². The topological polar surface area (TPSA) is 23.8 Å². The molecule has 0 saturated heterocycles. The van der Waals surface area contributed by atoms with Crippen LogP contribution in [0.3, 0.4) is 0 Å². The van der Waals surface area contributed by atoms with Gasteiger partial charge in [-0.2, -0.15) is 0 Å². The van der Waals surface area contributed by atoms with E-state index in [9.17, 15) is 0 Å². The molecule has 0 unspecified atom stereocenters. The fraction of sp³-hybridized carbons (Fsp3) is 0.944. The minimum absolute atomic E-state index is 0.731. The summed E-state index contributed by atoms with van der Waals surface area (Å²) in [7, 11) is 5.92. The lowest BCUT2D eigenvalue weighted by atomic mass is 9.91. The predicted molar refractivity (Wildman–Crippen MR) is 94.0 cm³/mol. The molecule has 0 spiro atoms. The molecule has 0 aromatic carbocycles. The fourth-order valence-electron chi connectivity index (χ4n) is 2.76. The largest absolute Gasteiger partial charge is 0.553 e. The van der Waals surface area contributed by atoms with Crippen molar-refractivity contribution in [2.45, 2.75) is 90.4 Å². The third-order valence-corrected chi connectivity index (χ3v) is 4.25. The molecule has 0 aromatic rings. The third-order valence-electron chi connectivity index (χ3n) is 4.25. The average molecular weight is 292 g/mol. The van der Waals surface area contributed by atoms with Crippen molar-refractivity contribution in [3.63, 3.8) is 0 Å². The Morgan fingerprint density at radius 1 is 0.714 bits per heavy atom. The van der Waals surface area contributed by atoms with Gasteiger partial charge in [0.15, 0.2) is 0 Å². The van der Waals surface area contributed by atoms with E-state index in [2.05, 4.69) is 27.0 Å². The van der Waals surface area contributed by atoms with Crippen LogP contribution in [0.1, 0.15) is 90.4 Å². The van der Waals surface area contributed by atoms with Gasteiger partial charge >= 0.3 is 0 Å². The maximum atomic E-state index is 8.68. The monoisotopic (exact) mass is 292 g/mol. The number of hydrogen-bond donors (Lipinski definition) is 0. The summed E-state index contributed by atoms with van der Waals surface area (Å²) in [6, 6.07) is 0. The van der Waals surface area contributed by atoms with Crippen molar-refractivity contribution in [2.75, 3.05) is 20.6 Å². The minimum Gasteiger partial charge on any atom is -0.553 e. The van der Waals surface area contributed by atoms with E-state index in [1.54, 1.807) is 7.41 Å². The summed E-state index contributed by atoms with van der Waals surface area (Å²) in [5.41, 5.74) is 0. The molecule has 2 radical (unpaired) electrons. The summed E-state index contributed by atoms with van der Waals surface area (Å²) in [6.45, 7) is 3.37. The van der Waals surface area contributed by atoms with Gasteiger partial charge in [0.1, 0.15) is 7.41 Å². The van der Waals surface area contributed by atoms with E-state index < -0.39 is 0 Å². The van der Waals surface area contributed by atoms with E-state index in [0.29, 0.717) is 0 Å². The highest BCUT2D eigenvalue weighted by Crippen LogP contribution is 2.12. The minimum atomic E-state index is 0.731. The lowest BCUT2D eigenvalue weighted by Gasteiger charge is -2.40. The van der Waals surface area contributed by atoms with Crippen LogP contribution in [-0.2, 0) is 0 Å². The quantitative estimate of drug-likeness (QED) is 0.298. The molecule has 0 saturated carbocycles. The molecule has 0 amide bonds. The Bertz CT molecular complexity index is 258. The Morgan fingerprint density at radius 2 is 1.10 bits per heavy atom. The molecule has 122 valence electrons. The number of nitrogens with zero attached hydrogens (tertiary/aromatic N) is 2. The van der Waals surface area contributed by atoms with E-state index in [1.807, 2.05) is 0 Å². The van der Waals surface area contributed by atoms with E-state index >= 15 is 0 Å². The molecule has 0 heterocycles. The first-order valence-electron chi connectivity index (χ1n) is 9.19. The Balaban J connectivity index is 3.14. The standard InChI is InChI=1S/C18H37BN2/c1-4-5-6-7-8-9-10-11-12-13-14-15-16-17-21(2,3)19-18-20/h4-17H2,1-3H3. The molecule has 0 atom stereocenters. The molecule has 0 aliphatic heterocycles. The first-order valence-corrected chi connectivity index (χ1v) is 9.19. The Morgan fingerprint density at radius 3 is 1.48 bits per heavy atom. The third kappa shape index (κ3) is 15.7. The normalized spacial score (nSPS) is 11.5. The van der Waals surface area contributed by atoms with Gasteiger partial charge < -0.3 is 4.39 Å². The van der Waals surface area contributed by atoms with Gasteiger partial charge in [-0.05, 0) is 12.8 Å². The zero-order valence-corrected chi connectivity index (χ0v) is 14.9. The zero-order valence-electron chi connectivity index (χ0n) is 14.9. The summed E-state index contributed by atoms with van der Waals surface area (Å²) >= 11 is 0. The summed E-state index contributed by atoms with van der Waals surface area (Å²) in [5, 5.41) is 8.68. The predicted octanol–water partition coefficient (Wildman–Crippen LogP) is 5.25. The van der Waals surface area contributed by atoms with Gasteiger partial charge in [-0.3, -0.25) is 0 Å². The van der Waals surface area contributed by atoms with Crippen molar-refractivity contribution < 1.29 is 4.39 Å². The summed E-state index contributed by atoms with van der Waals surface area (Å²) in [5.74, 6) is 2.15. The van der Waals surface area contributed by atoms with E-state index in [-0.39, 0.29) is 0 Å². The lowest BCUT2D eigenvalue weighted by Crippen LogP contribution is -2.43. The van der Waals surface area contributed by atoms with Crippen molar-refractivity contribution >= 4 is 7.41 Å². The first-order chi connectivity index (χ1) is 10.1. The number of hydrogen-bond acceptors (Lipinski definition) is 1. The van der Waals surface area contributed by atoms with Crippen LogP contribution in [0.2, 0.25) is 0 Å². The second kappa shape index (κ2) is 14.5. The molecule has 21 heavy (non-hydrogen) atoms.